The van der Waals surface area contributed by atoms with Gasteiger partial charge >= 0.3 is 0 Å². The molecule has 0 unspecified atom stereocenters. The number of hydrogen-bond acceptors (Lipinski definition) is 1. The average molecular weight is 256 g/mol. The van der Waals surface area contributed by atoms with E-state index in [1.165, 1.54) is 15.6 Å². The number of halogens is 1. The van der Waals surface area contributed by atoms with Crippen molar-refractivity contribution in [2.45, 2.75) is 27.2 Å². The van der Waals surface area contributed by atoms with E-state index in [-0.39, 0.29) is 5.41 Å². The summed E-state index contributed by atoms with van der Waals surface area (Å²) >= 11 is 3.57. The zero-order chi connectivity index (χ0) is 10.8. The predicted molar refractivity (Wildman–Crippen MR) is 65.4 cm³/mol. The second-order valence-corrected chi connectivity index (χ2v) is 5.49. The quantitative estimate of drug-likeness (QED) is 0.882. The molecule has 1 rings (SSSR count). The number of aryl methyl sites for hydroxylation is 1. The largest absolute Gasteiger partial charge is 0.330 e. The summed E-state index contributed by atoms with van der Waals surface area (Å²) in [6.07, 6.45) is 1.02. The van der Waals surface area contributed by atoms with E-state index in [1.54, 1.807) is 0 Å². The Labute approximate surface area is 94.8 Å². The summed E-state index contributed by atoms with van der Waals surface area (Å²) in [5.41, 5.74) is 8.55. The fourth-order valence-corrected chi connectivity index (χ4v) is 1.81. The van der Waals surface area contributed by atoms with Crippen LogP contribution in [0.3, 0.4) is 0 Å². The van der Waals surface area contributed by atoms with E-state index >= 15 is 0 Å². The van der Waals surface area contributed by atoms with Crippen LogP contribution in [0.2, 0.25) is 0 Å². The molecule has 0 bridgehead atoms. The second-order valence-electron chi connectivity index (χ2n) is 4.64. The zero-order valence-corrected chi connectivity index (χ0v) is 10.7. The van der Waals surface area contributed by atoms with Gasteiger partial charge in [0.2, 0.25) is 0 Å². The normalized spacial score (nSPS) is 11.8. The summed E-state index contributed by atoms with van der Waals surface area (Å²) in [6, 6.07) is 6.45. The highest BCUT2D eigenvalue weighted by Gasteiger charge is 2.17. The highest BCUT2D eigenvalue weighted by atomic mass is 79.9. The minimum atomic E-state index is 0.177. The van der Waals surface area contributed by atoms with Crippen LogP contribution in [-0.4, -0.2) is 6.54 Å². The molecule has 1 aromatic carbocycles. The molecule has 0 atom stereocenters. The Balaban J connectivity index is 2.91. The van der Waals surface area contributed by atoms with Gasteiger partial charge in [0, 0.05) is 4.47 Å². The van der Waals surface area contributed by atoms with E-state index in [4.69, 9.17) is 5.73 Å². The minimum Gasteiger partial charge on any atom is -0.330 e. The van der Waals surface area contributed by atoms with Gasteiger partial charge in [-0.05, 0) is 36.9 Å². The van der Waals surface area contributed by atoms with Gasteiger partial charge in [-0.25, -0.2) is 0 Å². The lowest BCUT2D eigenvalue weighted by molar-refractivity contribution is 0.376. The Morgan fingerprint density at radius 1 is 1.36 bits per heavy atom. The van der Waals surface area contributed by atoms with Crippen LogP contribution >= 0.6 is 15.9 Å². The summed E-state index contributed by atoms with van der Waals surface area (Å²) in [7, 11) is 0. The van der Waals surface area contributed by atoms with Crippen LogP contribution in [0.25, 0.3) is 0 Å². The number of nitrogens with two attached hydrogens (primary N) is 1. The van der Waals surface area contributed by atoms with Crippen molar-refractivity contribution in [2.75, 3.05) is 6.54 Å². The smallest absolute Gasteiger partial charge is 0.0207 e. The SMILES string of the molecule is Cc1ccc(Br)c(CC(C)(C)CN)c1. The van der Waals surface area contributed by atoms with Gasteiger partial charge in [0.15, 0.2) is 0 Å². The van der Waals surface area contributed by atoms with E-state index in [0.29, 0.717) is 6.54 Å². The molecular formula is C12H18BrN. The van der Waals surface area contributed by atoms with Crippen LogP contribution in [0.1, 0.15) is 25.0 Å². The third-order valence-electron chi connectivity index (χ3n) is 2.42. The number of rotatable bonds is 3. The predicted octanol–water partition coefficient (Wildman–Crippen LogP) is 3.28. The van der Waals surface area contributed by atoms with E-state index in [2.05, 4.69) is 54.9 Å². The molecule has 0 saturated carbocycles. The third-order valence-corrected chi connectivity index (χ3v) is 3.20. The molecule has 1 nitrogen and oxygen atoms in total. The Hall–Kier alpha value is -0.340. The first-order chi connectivity index (χ1) is 6.44. The van der Waals surface area contributed by atoms with E-state index < -0.39 is 0 Å². The Morgan fingerprint density at radius 3 is 2.57 bits per heavy atom. The van der Waals surface area contributed by atoms with E-state index in [1.807, 2.05) is 0 Å². The summed E-state index contributed by atoms with van der Waals surface area (Å²) in [5.74, 6) is 0. The molecule has 0 saturated heterocycles. The van der Waals surface area contributed by atoms with Crippen molar-refractivity contribution in [2.24, 2.45) is 11.1 Å². The van der Waals surface area contributed by atoms with Gasteiger partial charge in [-0.3, -0.25) is 0 Å². The Morgan fingerprint density at radius 2 is 2.00 bits per heavy atom. The van der Waals surface area contributed by atoms with Crippen molar-refractivity contribution in [1.29, 1.82) is 0 Å². The molecular weight excluding hydrogens is 238 g/mol. The first-order valence-corrected chi connectivity index (χ1v) is 5.69. The van der Waals surface area contributed by atoms with Crippen LogP contribution in [0.15, 0.2) is 22.7 Å². The van der Waals surface area contributed by atoms with Crippen LogP contribution in [-0.2, 0) is 6.42 Å². The standard InChI is InChI=1S/C12H18BrN/c1-9-4-5-11(13)10(6-9)7-12(2,3)8-14/h4-6H,7-8,14H2,1-3H3. The molecule has 0 radical (unpaired) electrons. The van der Waals surface area contributed by atoms with Crippen LogP contribution in [0.4, 0.5) is 0 Å². The molecule has 78 valence electrons. The summed E-state index contributed by atoms with van der Waals surface area (Å²) in [6.45, 7) is 7.22. The van der Waals surface area contributed by atoms with Crippen molar-refractivity contribution in [1.82, 2.24) is 0 Å². The van der Waals surface area contributed by atoms with Crippen molar-refractivity contribution in [3.05, 3.63) is 33.8 Å². The fourth-order valence-electron chi connectivity index (χ4n) is 1.43. The lowest BCUT2D eigenvalue weighted by Crippen LogP contribution is -2.26. The molecule has 2 heteroatoms. The van der Waals surface area contributed by atoms with Crippen LogP contribution in [0.5, 0.6) is 0 Å². The molecule has 14 heavy (non-hydrogen) atoms. The Kier molecular flexibility index (Phi) is 3.73. The molecule has 0 aromatic heterocycles. The van der Waals surface area contributed by atoms with Crippen molar-refractivity contribution >= 4 is 15.9 Å². The molecule has 0 heterocycles. The number of hydrogen-bond donors (Lipinski definition) is 1. The van der Waals surface area contributed by atoms with Gasteiger partial charge in [0.25, 0.3) is 0 Å². The lowest BCUT2D eigenvalue weighted by Gasteiger charge is -2.23. The molecule has 2 N–H and O–H groups in total. The van der Waals surface area contributed by atoms with Gasteiger partial charge in [-0.15, -0.1) is 0 Å². The molecule has 0 fully saturated rings. The van der Waals surface area contributed by atoms with E-state index in [9.17, 15) is 0 Å². The molecule has 0 spiro atoms. The maximum Gasteiger partial charge on any atom is 0.0207 e. The molecule has 0 aliphatic rings. The van der Waals surface area contributed by atoms with Crippen molar-refractivity contribution in [3.8, 4) is 0 Å². The zero-order valence-electron chi connectivity index (χ0n) is 9.10. The Bertz CT molecular complexity index is 318. The van der Waals surface area contributed by atoms with Gasteiger partial charge < -0.3 is 5.73 Å². The summed E-state index contributed by atoms with van der Waals surface area (Å²) in [5, 5.41) is 0. The fraction of sp³-hybridized carbons (Fsp3) is 0.500. The average Bonchev–Trinajstić information content (AvgIpc) is 2.11. The van der Waals surface area contributed by atoms with Gasteiger partial charge in [0.05, 0.1) is 0 Å². The maximum absolute atomic E-state index is 5.73. The number of benzene rings is 1. The summed E-state index contributed by atoms with van der Waals surface area (Å²) in [4.78, 5) is 0. The van der Waals surface area contributed by atoms with Crippen molar-refractivity contribution in [3.63, 3.8) is 0 Å². The lowest BCUT2D eigenvalue weighted by atomic mass is 9.85. The first kappa shape index (κ1) is 11.7. The van der Waals surface area contributed by atoms with Gasteiger partial charge in [-0.1, -0.05) is 47.5 Å². The third kappa shape index (κ3) is 3.10. The van der Waals surface area contributed by atoms with Gasteiger partial charge in [-0.2, -0.15) is 0 Å². The first-order valence-electron chi connectivity index (χ1n) is 4.90. The van der Waals surface area contributed by atoms with Crippen LogP contribution < -0.4 is 5.73 Å². The molecule has 0 amide bonds. The topological polar surface area (TPSA) is 26.0 Å². The second kappa shape index (κ2) is 4.45. The molecule has 0 aliphatic heterocycles. The highest BCUT2D eigenvalue weighted by molar-refractivity contribution is 9.10. The van der Waals surface area contributed by atoms with Crippen LogP contribution in [0, 0.1) is 12.3 Å². The van der Waals surface area contributed by atoms with Gasteiger partial charge in [0.1, 0.15) is 0 Å². The van der Waals surface area contributed by atoms with E-state index in [0.717, 1.165) is 6.42 Å². The molecule has 0 aliphatic carbocycles. The maximum atomic E-state index is 5.73. The monoisotopic (exact) mass is 255 g/mol. The van der Waals surface area contributed by atoms with Crippen molar-refractivity contribution < 1.29 is 0 Å². The summed E-state index contributed by atoms with van der Waals surface area (Å²) < 4.78 is 1.18. The minimum absolute atomic E-state index is 0.177. The molecule has 1 aromatic rings. The highest BCUT2D eigenvalue weighted by Crippen LogP contribution is 2.26.